The molecule has 0 heterocycles. The fourth-order valence-electron chi connectivity index (χ4n) is 1.70. The smallest absolute Gasteiger partial charge is 0.316 e. The minimum absolute atomic E-state index is 0.112. The van der Waals surface area contributed by atoms with E-state index in [1.807, 2.05) is 0 Å². The predicted octanol–water partition coefficient (Wildman–Crippen LogP) is 4.79. The average molecular weight is 391 g/mol. The quantitative estimate of drug-likeness (QED) is 0.404. The van der Waals surface area contributed by atoms with Crippen LogP contribution in [0.5, 0.6) is 0 Å². The molecule has 0 unspecified atom stereocenters. The van der Waals surface area contributed by atoms with E-state index in [-0.39, 0.29) is 5.75 Å². The predicted molar refractivity (Wildman–Crippen MR) is 88.8 cm³/mol. The van der Waals surface area contributed by atoms with Gasteiger partial charge in [-0.1, -0.05) is 23.2 Å². The summed E-state index contributed by atoms with van der Waals surface area (Å²) in [6.07, 6.45) is 0. The van der Waals surface area contributed by atoms with Crippen molar-refractivity contribution in [1.29, 1.82) is 0 Å². The van der Waals surface area contributed by atoms with Crippen molar-refractivity contribution in [2.45, 2.75) is 4.90 Å². The Kier molecular flexibility index (Phi) is 6.60. The molecule has 0 aromatic heterocycles. The monoisotopic (exact) mass is 390 g/mol. The molecule has 8 heteroatoms. The minimum atomic E-state index is -0.877. The second kappa shape index (κ2) is 8.46. The fourth-order valence-corrected chi connectivity index (χ4v) is 2.99. The third-order valence-corrected chi connectivity index (χ3v) is 4.54. The number of carbonyl (C=O) groups is 2. The number of hydrogen-bond donors (Lipinski definition) is 0. The number of esters is 1. The van der Waals surface area contributed by atoms with E-state index in [1.165, 1.54) is 0 Å². The molecule has 2 aromatic carbocycles. The molecule has 0 aliphatic heterocycles. The summed E-state index contributed by atoms with van der Waals surface area (Å²) in [7, 11) is 0. The molecule has 0 fully saturated rings. The van der Waals surface area contributed by atoms with Gasteiger partial charge in [0.25, 0.3) is 0 Å². The van der Waals surface area contributed by atoms with Gasteiger partial charge in [0.1, 0.15) is 11.6 Å². The second-order valence-corrected chi connectivity index (χ2v) is 6.43. The molecule has 0 aliphatic rings. The number of benzene rings is 2. The van der Waals surface area contributed by atoms with Crippen LogP contribution in [0.15, 0.2) is 41.3 Å². The number of halogens is 4. The molecule has 0 aliphatic carbocycles. The van der Waals surface area contributed by atoms with Crippen molar-refractivity contribution in [2.75, 3.05) is 12.4 Å². The molecule has 0 bridgehead atoms. The number of ketones is 1. The van der Waals surface area contributed by atoms with Crippen molar-refractivity contribution in [2.24, 2.45) is 0 Å². The normalized spacial score (nSPS) is 10.5. The van der Waals surface area contributed by atoms with Crippen LogP contribution in [0.2, 0.25) is 10.0 Å². The van der Waals surface area contributed by atoms with E-state index in [0.29, 0.717) is 14.9 Å². The molecular formula is C16H10Cl2F2O3S. The Morgan fingerprint density at radius 1 is 1.08 bits per heavy atom. The molecular weight excluding hydrogens is 381 g/mol. The molecule has 0 N–H and O–H groups in total. The zero-order valence-electron chi connectivity index (χ0n) is 12.0. The lowest BCUT2D eigenvalue weighted by molar-refractivity contribution is -0.139. The zero-order chi connectivity index (χ0) is 17.7. The summed E-state index contributed by atoms with van der Waals surface area (Å²) in [4.78, 5) is 24.0. The molecule has 24 heavy (non-hydrogen) atoms. The topological polar surface area (TPSA) is 43.4 Å². The SMILES string of the molecule is O=C(CSc1cc(Cl)ccc1Cl)OCC(=O)c1cc(F)ccc1F. The lowest BCUT2D eigenvalue weighted by Crippen LogP contribution is -2.16. The van der Waals surface area contributed by atoms with Crippen LogP contribution in [0.3, 0.4) is 0 Å². The Morgan fingerprint density at radius 3 is 2.58 bits per heavy atom. The molecule has 3 nitrogen and oxygen atoms in total. The van der Waals surface area contributed by atoms with E-state index in [9.17, 15) is 18.4 Å². The maximum Gasteiger partial charge on any atom is 0.316 e. The van der Waals surface area contributed by atoms with E-state index in [0.717, 1.165) is 30.0 Å². The molecule has 0 spiro atoms. The number of carbonyl (C=O) groups excluding carboxylic acids is 2. The second-order valence-electron chi connectivity index (χ2n) is 4.57. The third kappa shape index (κ3) is 5.19. The summed E-state index contributed by atoms with van der Waals surface area (Å²) in [5.41, 5.74) is -0.465. The average Bonchev–Trinajstić information content (AvgIpc) is 2.55. The van der Waals surface area contributed by atoms with Gasteiger partial charge in [-0.15, -0.1) is 11.8 Å². The Morgan fingerprint density at radius 2 is 1.83 bits per heavy atom. The van der Waals surface area contributed by atoms with Crippen LogP contribution >= 0.6 is 35.0 Å². The Hall–Kier alpha value is -1.63. The fraction of sp³-hybridized carbons (Fsp3) is 0.125. The van der Waals surface area contributed by atoms with Crippen molar-refractivity contribution in [3.8, 4) is 0 Å². The van der Waals surface area contributed by atoms with Gasteiger partial charge >= 0.3 is 5.97 Å². The number of rotatable bonds is 6. The van der Waals surface area contributed by atoms with E-state index in [1.54, 1.807) is 18.2 Å². The molecule has 0 atom stereocenters. The van der Waals surface area contributed by atoms with Crippen LogP contribution in [0, 0.1) is 11.6 Å². The molecule has 0 radical (unpaired) electrons. The van der Waals surface area contributed by atoms with Crippen molar-refractivity contribution in [3.63, 3.8) is 0 Å². The first-order valence-electron chi connectivity index (χ1n) is 6.58. The number of ether oxygens (including phenoxy) is 1. The highest BCUT2D eigenvalue weighted by molar-refractivity contribution is 8.00. The van der Waals surface area contributed by atoms with Gasteiger partial charge in [0, 0.05) is 9.92 Å². The summed E-state index contributed by atoms with van der Waals surface area (Å²) in [5.74, 6) is -3.26. The molecule has 0 saturated carbocycles. The first-order chi connectivity index (χ1) is 11.4. The summed E-state index contributed by atoms with van der Waals surface area (Å²) in [6.45, 7) is -0.678. The first kappa shape index (κ1) is 18.7. The van der Waals surface area contributed by atoms with Gasteiger partial charge in [-0.3, -0.25) is 9.59 Å². The van der Waals surface area contributed by atoms with Crippen molar-refractivity contribution >= 4 is 46.7 Å². The van der Waals surface area contributed by atoms with E-state index >= 15 is 0 Å². The van der Waals surface area contributed by atoms with Crippen LogP contribution in [0.25, 0.3) is 0 Å². The van der Waals surface area contributed by atoms with Crippen LogP contribution in [0.1, 0.15) is 10.4 Å². The highest BCUT2D eigenvalue weighted by Crippen LogP contribution is 2.29. The standard InChI is InChI=1S/C16H10Cl2F2O3S/c17-9-1-3-12(18)15(5-9)24-8-16(22)23-7-14(21)11-6-10(19)2-4-13(11)20/h1-6H,7-8H2. The van der Waals surface area contributed by atoms with E-state index in [2.05, 4.69) is 0 Å². The number of Topliss-reactive ketones (excluding diaryl/α,β-unsaturated/α-hetero) is 1. The maximum absolute atomic E-state index is 13.4. The molecule has 2 aromatic rings. The van der Waals surface area contributed by atoms with Gasteiger partial charge in [0.05, 0.1) is 16.3 Å². The van der Waals surface area contributed by atoms with Crippen LogP contribution in [-0.2, 0) is 9.53 Å². The number of thioether (sulfide) groups is 1. The van der Waals surface area contributed by atoms with Crippen LogP contribution in [0.4, 0.5) is 8.78 Å². The summed E-state index contributed by atoms with van der Waals surface area (Å²) >= 11 is 12.9. The zero-order valence-corrected chi connectivity index (χ0v) is 14.4. The maximum atomic E-state index is 13.4. The highest BCUT2D eigenvalue weighted by atomic mass is 35.5. The molecule has 0 saturated heterocycles. The van der Waals surface area contributed by atoms with Crippen molar-refractivity contribution in [1.82, 2.24) is 0 Å². The summed E-state index contributed by atoms with van der Waals surface area (Å²) < 4.78 is 31.2. The van der Waals surface area contributed by atoms with Gasteiger partial charge < -0.3 is 4.74 Å². The summed E-state index contributed by atoms with van der Waals surface area (Å²) in [6, 6.07) is 7.28. The summed E-state index contributed by atoms with van der Waals surface area (Å²) in [5, 5.41) is 0.891. The Labute approximate surface area is 150 Å². The minimum Gasteiger partial charge on any atom is -0.457 e. The Bertz CT molecular complexity index is 784. The lowest BCUT2D eigenvalue weighted by Gasteiger charge is -2.06. The van der Waals surface area contributed by atoms with Crippen molar-refractivity contribution < 1.29 is 23.1 Å². The largest absolute Gasteiger partial charge is 0.457 e. The lowest BCUT2D eigenvalue weighted by atomic mass is 10.1. The van der Waals surface area contributed by atoms with Gasteiger partial charge in [-0.05, 0) is 36.4 Å². The highest BCUT2D eigenvalue weighted by Gasteiger charge is 2.15. The molecule has 2 rings (SSSR count). The van der Waals surface area contributed by atoms with Gasteiger partial charge in [-0.25, -0.2) is 8.78 Å². The van der Waals surface area contributed by atoms with Gasteiger partial charge in [0.15, 0.2) is 6.61 Å². The molecule has 126 valence electrons. The Balaban J connectivity index is 1.88. The van der Waals surface area contributed by atoms with Crippen LogP contribution in [-0.4, -0.2) is 24.1 Å². The third-order valence-electron chi connectivity index (χ3n) is 2.83. The van der Waals surface area contributed by atoms with Crippen molar-refractivity contribution in [3.05, 3.63) is 63.6 Å². The van der Waals surface area contributed by atoms with E-state index < -0.39 is 35.6 Å². The van der Waals surface area contributed by atoms with Gasteiger partial charge in [0.2, 0.25) is 5.78 Å². The van der Waals surface area contributed by atoms with Gasteiger partial charge in [-0.2, -0.15) is 0 Å². The van der Waals surface area contributed by atoms with E-state index in [4.69, 9.17) is 27.9 Å². The first-order valence-corrected chi connectivity index (χ1v) is 8.32. The molecule has 0 amide bonds. The van der Waals surface area contributed by atoms with Crippen LogP contribution < -0.4 is 0 Å². The number of hydrogen-bond acceptors (Lipinski definition) is 4.